The largest absolute Gasteiger partial charge is 0.420 e. The number of aromatic amines is 1. The van der Waals surface area contributed by atoms with Crippen molar-refractivity contribution in [2.24, 2.45) is 5.73 Å². The number of nitrogens with zero attached hydrogens (tertiary/aromatic N) is 2. The van der Waals surface area contributed by atoms with Crippen molar-refractivity contribution in [3.63, 3.8) is 0 Å². The van der Waals surface area contributed by atoms with Gasteiger partial charge in [-0.2, -0.15) is 5.26 Å². The Morgan fingerprint density at radius 2 is 2.04 bits per heavy atom. The maximum atomic E-state index is 9.67. The number of hydrogen-bond acceptors (Lipinski definition) is 4. The van der Waals surface area contributed by atoms with Crippen molar-refractivity contribution in [2.75, 3.05) is 0 Å². The molecule has 1 aliphatic rings. The summed E-state index contributed by atoms with van der Waals surface area (Å²) < 4.78 is 5.60. The molecule has 0 saturated carbocycles. The molecule has 3 N–H and O–H groups in total. The highest BCUT2D eigenvalue weighted by atomic mass is 16.5. The molecule has 1 aliphatic heterocycles. The Labute approximate surface area is 148 Å². The number of nitrogens with two attached hydrogens (primary N) is 1. The topological polar surface area (TPSA) is 87.7 Å². The minimum absolute atomic E-state index is 0.140. The molecule has 1 aromatic heterocycles. The molecule has 2 heterocycles. The van der Waals surface area contributed by atoms with E-state index in [1.807, 2.05) is 0 Å². The lowest BCUT2D eigenvalue weighted by atomic mass is 9.82. The molecule has 25 heavy (non-hydrogen) atoms. The SMILES string of the molecule is CCCCc1[nH]nc2c1C(c1ccc(C(C)C)cc1)C(C#N)=C(N)O2. The maximum Gasteiger partial charge on any atom is 0.244 e. The first-order valence-electron chi connectivity index (χ1n) is 8.81. The molecule has 1 atom stereocenters. The van der Waals surface area contributed by atoms with E-state index in [-0.39, 0.29) is 11.8 Å². The van der Waals surface area contributed by atoms with Crippen molar-refractivity contribution in [1.82, 2.24) is 10.2 Å². The van der Waals surface area contributed by atoms with Crippen molar-refractivity contribution in [2.45, 2.75) is 51.9 Å². The van der Waals surface area contributed by atoms with Gasteiger partial charge in [-0.25, -0.2) is 0 Å². The third-order valence-electron chi connectivity index (χ3n) is 4.73. The molecule has 5 heteroatoms. The van der Waals surface area contributed by atoms with Gasteiger partial charge >= 0.3 is 0 Å². The molecule has 0 radical (unpaired) electrons. The summed E-state index contributed by atoms with van der Waals surface area (Å²) >= 11 is 0. The average molecular weight is 336 g/mol. The third-order valence-corrected chi connectivity index (χ3v) is 4.73. The number of H-pyrrole nitrogens is 1. The van der Waals surface area contributed by atoms with Gasteiger partial charge in [-0.05, 0) is 29.9 Å². The van der Waals surface area contributed by atoms with Gasteiger partial charge in [0.15, 0.2) is 0 Å². The van der Waals surface area contributed by atoms with E-state index in [2.05, 4.69) is 61.3 Å². The quantitative estimate of drug-likeness (QED) is 0.860. The van der Waals surface area contributed by atoms with E-state index >= 15 is 0 Å². The molecular weight excluding hydrogens is 312 g/mol. The summed E-state index contributed by atoms with van der Waals surface area (Å²) in [5.41, 5.74) is 10.7. The second-order valence-corrected chi connectivity index (χ2v) is 6.77. The Bertz CT molecular complexity index is 824. The first kappa shape index (κ1) is 17.1. The molecule has 0 amide bonds. The van der Waals surface area contributed by atoms with Crippen LogP contribution in [0, 0.1) is 11.3 Å². The van der Waals surface area contributed by atoms with Gasteiger partial charge in [0.25, 0.3) is 0 Å². The van der Waals surface area contributed by atoms with E-state index in [9.17, 15) is 5.26 Å². The summed E-state index contributed by atoms with van der Waals surface area (Å²) in [5.74, 6) is 0.854. The number of nitriles is 1. The molecule has 0 aliphatic carbocycles. The highest BCUT2D eigenvalue weighted by Gasteiger charge is 2.34. The summed E-state index contributed by atoms with van der Waals surface area (Å²) in [6.45, 7) is 6.48. The van der Waals surface area contributed by atoms with Crippen molar-refractivity contribution in [1.29, 1.82) is 5.26 Å². The standard InChI is InChI=1S/C20H24N4O/c1-4-5-6-16-18-17(14-9-7-13(8-10-14)12(2)3)15(11-21)19(22)25-20(18)24-23-16/h7-10,12,17H,4-6,22H2,1-3H3,(H,23,24). The van der Waals surface area contributed by atoms with Crippen LogP contribution < -0.4 is 10.5 Å². The Morgan fingerprint density at radius 1 is 1.32 bits per heavy atom. The summed E-state index contributed by atoms with van der Waals surface area (Å²) in [7, 11) is 0. The van der Waals surface area contributed by atoms with E-state index in [1.165, 1.54) is 5.56 Å². The number of nitrogens with one attached hydrogen (secondary N) is 1. The number of fused-ring (bicyclic) bond motifs is 1. The average Bonchev–Trinajstić information content (AvgIpc) is 3.01. The fourth-order valence-electron chi connectivity index (χ4n) is 3.26. The zero-order valence-electron chi connectivity index (χ0n) is 15.0. The molecule has 3 rings (SSSR count). The van der Waals surface area contributed by atoms with Crippen LogP contribution in [0.1, 0.15) is 67.8 Å². The molecule has 0 saturated heterocycles. The summed E-state index contributed by atoms with van der Waals surface area (Å²) in [6, 6.07) is 10.6. The smallest absolute Gasteiger partial charge is 0.244 e. The molecule has 2 aromatic rings. The molecule has 130 valence electrons. The molecular formula is C20H24N4O. The van der Waals surface area contributed by atoms with Gasteiger partial charge in [0.05, 0.1) is 5.92 Å². The van der Waals surface area contributed by atoms with Crippen molar-refractivity contribution < 1.29 is 4.74 Å². The van der Waals surface area contributed by atoms with Crippen molar-refractivity contribution in [3.8, 4) is 11.9 Å². The van der Waals surface area contributed by atoms with Gasteiger partial charge in [-0.3, -0.25) is 5.10 Å². The number of aromatic nitrogens is 2. The molecule has 1 aromatic carbocycles. The molecule has 1 unspecified atom stereocenters. The number of aryl methyl sites for hydroxylation is 1. The first-order chi connectivity index (χ1) is 12.1. The lowest BCUT2D eigenvalue weighted by molar-refractivity contribution is 0.378. The maximum absolute atomic E-state index is 9.67. The second kappa shape index (κ2) is 7.02. The van der Waals surface area contributed by atoms with Crippen LogP contribution in [0.25, 0.3) is 0 Å². The van der Waals surface area contributed by atoms with Gasteiger partial charge in [-0.15, -0.1) is 5.10 Å². The van der Waals surface area contributed by atoms with Gasteiger partial charge in [0.1, 0.15) is 11.6 Å². The van der Waals surface area contributed by atoms with Gasteiger partial charge in [-0.1, -0.05) is 51.5 Å². The Kier molecular flexibility index (Phi) is 4.80. The summed E-state index contributed by atoms with van der Waals surface area (Å²) in [5, 5.41) is 17.0. The number of hydrogen-bond donors (Lipinski definition) is 2. The van der Waals surface area contributed by atoms with Crippen LogP contribution in [0.2, 0.25) is 0 Å². The van der Waals surface area contributed by atoms with Gasteiger partial charge < -0.3 is 10.5 Å². The number of ether oxygens (including phenoxy) is 1. The normalized spacial score (nSPS) is 16.5. The van der Waals surface area contributed by atoms with Crippen LogP contribution in [0.15, 0.2) is 35.7 Å². The van der Waals surface area contributed by atoms with Crippen LogP contribution >= 0.6 is 0 Å². The molecule has 0 spiro atoms. The summed E-state index contributed by atoms with van der Waals surface area (Å²) in [6.07, 6.45) is 3.02. The predicted molar refractivity (Wildman–Crippen MR) is 97.0 cm³/mol. The molecule has 0 bridgehead atoms. The lowest BCUT2D eigenvalue weighted by Gasteiger charge is -2.24. The molecule has 0 fully saturated rings. The van der Waals surface area contributed by atoms with Crippen molar-refractivity contribution >= 4 is 0 Å². The highest BCUT2D eigenvalue weighted by molar-refractivity contribution is 5.55. The zero-order chi connectivity index (χ0) is 18.0. The Morgan fingerprint density at radius 3 is 2.64 bits per heavy atom. The number of unbranched alkanes of at least 4 members (excludes halogenated alkanes) is 1. The fraction of sp³-hybridized carbons (Fsp3) is 0.400. The Balaban J connectivity index is 2.09. The minimum atomic E-state index is -0.236. The fourth-order valence-corrected chi connectivity index (χ4v) is 3.26. The van der Waals surface area contributed by atoms with Crippen LogP contribution in [0.5, 0.6) is 5.88 Å². The zero-order valence-corrected chi connectivity index (χ0v) is 15.0. The third kappa shape index (κ3) is 3.12. The summed E-state index contributed by atoms with van der Waals surface area (Å²) in [4.78, 5) is 0. The monoisotopic (exact) mass is 336 g/mol. The number of benzene rings is 1. The predicted octanol–water partition coefficient (Wildman–Crippen LogP) is 4.09. The van der Waals surface area contributed by atoms with Crippen LogP contribution in [-0.4, -0.2) is 10.2 Å². The van der Waals surface area contributed by atoms with E-state index < -0.39 is 0 Å². The number of allylic oxidation sites excluding steroid dienone is 1. The van der Waals surface area contributed by atoms with Gasteiger partial charge in [0.2, 0.25) is 11.8 Å². The van der Waals surface area contributed by atoms with E-state index in [4.69, 9.17) is 10.5 Å². The number of rotatable bonds is 5. The second-order valence-electron chi connectivity index (χ2n) is 6.77. The van der Waals surface area contributed by atoms with Crippen LogP contribution in [-0.2, 0) is 6.42 Å². The van der Waals surface area contributed by atoms with E-state index in [0.717, 1.165) is 36.1 Å². The van der Waals surface area contributed by atoms with Crippen LogP contribution in [0.4, 0.5) is 0 Å². The van der Waals surface area contributed by atoms with Gasteiger partial charge in [0, 0.05) is 11.3 Å². The lowest BCUT2D eigenvalue weighted by Crippen LogP contribution is -2.21. The minimum Gasteiger partial charge on any atom is -0.420 e. The highest BCUT2D eigenvalue weighted by Crippen LogP contribution is 2.43. The van der Waals surface area contributed by atoms with E-state index in [0.29, 0.717) is 17.4 Å². The Hall–Kier alpha value is -2.74. The van der Waals surface area contributed by atoms with Crippen molar-refractivity contribution in [3.05, 3.63) is 58.1 Å². The molecule has 5 nitrogen and oxygen atoms in total. The van der Waals surface area contributed by atoms with Crippen LogP contribution in [0.3, 0.4) is 0 Å². The first-order valence-corrected chi connectivity index (χ1v) is 8.81. The van der Waals surface area contributed by atoms with E-state index in [1.54, 1.807) is 0 Å².